The zero-order valence-electron chi connectivity index (χ0n) is 11.2. The lowest BCUT2D eigenvalue weighted by Crippen LogP contribution is -2.12. The average molecular weight is 286 g/mol. The van der Waals surface area contributed by atoms with Crippen molar-refractivity contribution in [2.24, 2.45) is 5.84 Å². The molecule has 0 aliphatic heterocycles. The van der Waals surface area contributed by atoms with Crippen LogP contribution in [0.15, 0.2) is 12.1 Å². The highest BCUT2D eigenvalue weighted by Gasteiger charge is 2.17. The third kappa shape index (κ3) is 5.34. The standard InChI is InChI=1S/C11H18N4O5/c1-18-5-2-6-19-7-8-20-11-9(15(16)17)3-4-10(13-11)14-12/h3-4H,2,5-8,12H2,1H3,(H,13,14). The summed E-state index contributed by atoms with van der Waals surface area (Å²) in [6, 6.07) is 2.67. The van der Waals surface area contributed by atoms with Crippen molar-refractivity contribution in [3.8, 4) is 5.88 Å². The fourth-order valence-corrected chi connectivity index (χ4v) is 1.36. The van der Waals surface area contributed by atoms with Gasteiger partial charge in [0, 0.05) is 26.4 Å². The molecule has 9 heteroatoms. The summed E-state index contributed by atoms with van der Waals surface area (Å²) in [6.45, 7) is 1.63. The third-order valence-electron chi connectivity index (χ3n) is 2.29. The summed E-state index contributed by atoms with van der Waals surface area (Å²) in [5.41, 5.74) is 2.08. The fraction of sp³-hybridized carbons (Fsp3) is 0.545. The van der Waals surface area contributed by atoms with Crippen molar-refractivity contribution in [3.63, 3.8) is 0 Å². The molecule has 0 radical (unpaired) electrons. The van der Waals surface area contributed by atoms with Crippen LogP contribution in [0, 0.1) is 10.1 Å². The zero-order chi connectivity index (χ0) is 14.8. The number of hydrazine groups is 1. The largest absolute Gasteiger partial charge is 0.470 e. The number of pyridine rings is 1. The Kier molecular flexibility index (Phi) is 7.25. The predicted molar refractivity (Wildman–Crippen MR) is 71.5 cm³/mol. The normalized spacial score (nSPS) is 10.3. The smallest absolute Gasteiger partial charge is 0.331 e. The average Bonchev–Trinajstić information content (AvgIpc) is 2.45. The van der Waals surface area contributed by atoms with Crippen molar-refractivity contribution in [2.75, 3.05) is 39.0 Å². The highest BCUT2D eigenvalue weighted by molar-refractivity contribution is 5.48. The summed E-state index contributed by atoms with van der Waals surface area (Å²) in [7, 11) is 1.62. The highest BCUT2D eigenvalue weighted by Crippen LogP contribution is 2.25. The SMILES string of the molecule is COCCCOCCOc1nc(NN)ccc1[N+](=O)[O-]. The number of aromatic nitrogens is 1. The lowest BCUT2D eigenvalue weighted by molar-refractivity contribution is -0.386. The lowest BCUT2D eigenvalue weighted by atomic mass is 10.4. The van der Waals surface area contributed by atoms with E-state index in [1.165, 1.54) is 12.1 Å². The van der Waals surface area contributed by atoms with Crippen molar-refractivity contribution in [2.45, 2.75) is 6.42 Å². The van der Waals surface area contributed by atoms with Gasteiger partial charge in [0.25, 0.3) is 5.88 Å². The minimum absolute atomic E-state index is 0.0917. The number of nitro groups is 1. The number of methoxy groups -OCH3 is 1. The molecule has 1 aromatic heterocycles. The van der Waals surface area contributed by atoms with E-state index in [1.807, 2.05) is 0 Å². The lowest BCUT2D eigenvalue weighted by Gasteiger charge is -2.08. The topological polar surface area (TPSA) is 122 Å². The summed E-state index contributed by atoms with van der Waals surface area (Å²) >= 11 is 0. The Bertz CT molecular complexity index is 429. The number of nitrogens with two attached hydrogens (primary N) is 1. The summed E-state index contributed by atoms with van der Waals surface area (Å²) in [5.74, 6) is 5.39. The van der Waals surface area contributed by atoms with Gasteiger partial charge in [-0.05, 0) is 12.5 Å². The second-order valence-corrected chi connectivity index (χ2v) is 3.73. The van der Waals surface area contributed by atoms with Gasteiger partial charge in [-0.15, -0.1) is 0 Å². The molecule has 0 saturated carbocycles. The summed E-state index contributed by atoms with van der Waals surface area (Å²) in [5, 5.41) is 10.8. The Hall–Kier alpha value is -1.97. The van der Waals surface area contributed by atoms with Gasteiger partial charge in [0.1, 0.15) is 12.4 Å². The maximum Gasteiger partial charge on any atom is 0.331 e. The Morgan fingerprint density at radius 1 is 1.35 bits per heavy atom. The van der Waals surface area contributed by atoms with Crippen LogP contribution < -0.4 is 16.0 Å². The van der Waals surface area contributed by atoms with E-state index in [0.717, 1.165) is 6.42 Å². The molecule has 20 heavy (non-hydrogen) atoms. The molecule has 0 spiro atoms. The number of nitrogens with one attached hydrogen (secondary N) is 1. The molecule has 0 saturated heterocycles. The second kappa shape index (κ2) is 9.02. The van der Waals surface area contributed by atoms with Crippen LogP contribution in [0.3, 0.4) is 0 Å². The van der Waals surface area contributed by atoms with Gasteiger partial charge < -0.3 is 19.6 Å². The van der Waals surface area contributed by atoms with Crippen LogP contribution in [-0.4, -0.2) is 43.4 Å². The van der Waals surface area contributed by atoms with Crippen LogP contribution in [0.2, 0.25) is 0 Å². The van der Waals surface area contributed by atoms with Crippen LogP contribution in [0.5, 0.6) is 5.88 Å². The van der Waals surface area contributed by atoms with Crippen molar-refractivity contribution < 1.29 is 19.1 Å². The molecule has 1 rings (SSSR count). The van der Waals surface area contributed by atoms with E-state index in [2.05, 4.69) is 10.4 Å². The Labute approximate surface area is 116 Å². The Balaban J connectivity index is 2.43. The molecule has 3 N–H and O–H groups in total. The van der Waals surface area contributed by atoms with E-state index in [4.69, 9.17) is 20.1 Å². The van der Waals surface area contributed by atoms with Crippen molar-refractivity contribution in [1.82, 2.24) is 4.98 Å². The monoisotopic (exact) mass is 286 g/mol. The second-order valence-electron chi connectivity index (χ2n) is 3.73. The van der Waals surface area contributed by atoms with Crippen molar-refractivity contribution in [3.05, 3.63) is 22.2 Å². The van der Waals surface area contributed by atoms with Gasteiger partial charge in [0.15, 0.2) is 0 Å². The maximum atomic E-state index is 10.8. The van der Waals surface area contributed by atoms with Crippen LogP contribution >= 0.6 is 0 Å². The van der Waals surface area contributed by atoms with Gasteiger partial charge in [0.2, 0.25) is 0 Å². The first-order chi connectivity index (χ1) is 9.69. The van der Waals surface area contributed by atoms with Crippen LogP contribution in [0.25, 0.3) is 0 Å². The number of anilines is 1. The zero-order valence-corrected chi connectivity index (χ0v) is 11.2. The van der Waals surface area contributed by atoms with Gasteiger partial charge in [-0.1, -0.05) is 0 Å². The van der Waals surface area contributed by atoms with Crippen molar-refractivity contribution in [1.29, 1.82) is 0 Å². The molecule has 0 aliphatic carbocycles. The highest BCUT2D eigenvalue weighted by atomic mass is 16.6. The molecule has 0 bridgehead atoms. The van der Waals surface area contributed by atoms with Crippen molar-refractivity contribution >= 4 is 11.5 Å². The number of nitrogens with zero attached hydrogens (tertiary/aromatic N) is 2. The first-order valence-electron chi connectivity index (χ1n) is 6.00. The first kappa shape index (κ1) is 16.1. The van der Waals surface area contributed by atoms with E-state index in [1.54, 1.807) is 7.11 Å². The predicted octanol–water partition coefficient (Wildman–Crippen LogP) is 0.707. The summed E-state index contributed by atoms with van der Waals surface area (Å²) < 4.78 is 15.4. The molecule has 0 unspecified atom stereocenters. The molecule has 0 atom stereocenters. The minimum Gasteiger partial charge on any atom is -0.470 e. The molecule has 0 aromatic carbocycles. The molecule has 1 heterocycles. The van der Waals surface area contributed by atoms with E-state index in [-0.39, 0.29) is 24.0 Å². The van der Waals surface area contributed by atoms with Gasteiger partial charge in [-0.2, -0.15) is 4.98 Å². The third-order valence-corrected chi connectivity index (χ3v) is 2.29. The van der Waals surface area contributed by atoms with Crippen LogP contribution in [-0.2, 0) is 9.47 Å². The fourth-order valence-electron chi connectivity index (χ4n) is 1.36. The molecule has 0 fully saturated rings. The number of nitrogen functional groups attached to an aromatic ring is 1. The van der Waals surface area contributed by atoms with E-state index in [9.17, 15) is 10.1 Å². The molecule has 0 amide bonds. The molecule has 9 nitrogen and oxygen atoms in total. The van der Waals surface area contributed by atoms with E-state index >= 15 is 0 Å². The van der Waals surface area contributed by atoms with Crippen LogP contribution in [0.1, 0.15) is 6.42 Å². The Morgan fingerprint density at radius 3 is 2.80 bits per heavy atom. The molecule has 1 aromatic rings. The van der Waals surface area contributed by atoms with Crippen LogP contribution in [0.4, 0.5) is 11.5 Å². The summed E-state index contributed by atoms with van der Waals surface area (Å²) in [4.78, 5) is 14.1. The number of hydrogen-bond acceptors (Lipinski definition) is 8. The quantitative estimate of drug-likeness (QED) is 0.279. The van der Waals surface area contributed by atoms with Gasteiger partial charge in [0.05, 0.1) is 11.5 Å². The number of hydrogen-bond donors (Lipinski definition) is 2. The first-order valence-corrected chi connectivity index (χ1v) is 6.00. The van der Waals surface area contributed by atoms with Gasteiger partial charge in [-0.25, -0.2) is 5.84 Å². The molecular formula is C11H18N4O5. The molecule has 0 aliphatic rings. The maximum absolute atomic E-state index is 10.8. The van der Waals surface area contributed by atoms with E-state index in [0.29, 0.717) is 19.8 Å². The molecular weight excluding hydrogens is 268 g/mol. The Morgan fingerprint density at radius 2 is 2.15 bits per heavy atom. The van der Waals surface area contributed by atoms with Gasteiger partial charge in [-0.3, -0.25) is 10.1 Å². The summed E-state index contributed by atoms with van der Waals surface area (Å²) in [6.07, 6.45) is 0.779. The van der Waals surface area contributed by atoms with Gasteiger partial charge >= 0.3 is 5.69 Å². The number of rotatable bonds is 10. The molecule has 112 valence electrons. The number of ether oxygens (including phenoxy) is 3. The van der Waals surface area contributed by atoms with E-state index < -0.39 is 4.92 Å². The minimum atomic E-state index is -0.567.